The summed E-state index contributed by atoms with van der Waals surface area (Å²) in [5.41, 5.74) is -0.151. The van der Waals surface area contributed by atoms with Crippen LogP contribution in [-0.4, -0.2) is 55.6 Å². The maximum atomic E-state index is 11.9. The minimum absolute atomic E-state index is 0.0684. The lowest BCUT2D eigenvalue weighted by Gasteiger charge is -2.23. The van der Waals surface area contributed by atoms with Gasteiger partial charge in [0.05, 0.1) is 0 Å². The van der Waals surface area contributed by atoms with Gasteiger partial charge in [0.1, 0.15) is 10.6 Å². The number of carbonyl (C=O) groups is 1. The van der Waals surface area contributed by atoms with Gasteiger partial charge >= 0.3 is 5.97 Å². The van der Waals surface area contributed by atoms with Crippen molar-refractivity contribution >= 4 is 16.0 Å². The molecule has 7 nitrogen and oxygen atoms in total. The number of hydrogen-bond donors (Lipinski definition) is 3. The SMILES string of the molecule is CCC(C)N(C)CCNS(=O)(=O)c1c[nH]c(C(=O)O)c1. The third-order valence-corrected chi connectivity index (χ3v) is 4.74. The number of H-pyrrole nitrogens is 1. The number of aromatic amines is 1. The molecule has 114 valence electrons. The molecule has 0 spiro atoms. The zero-order valence-corrected chi connectivity index (χ0v) is 12.7. The molecule has 1 heterocycles. The molecule has 1 rings (SSSR count). The Hall–Kier alpha value is -1.38. The normalized spacial score (nSPS) is 13.6. The minimum Gasteiger partial charge on any atom is -0.477 e. The Kier molecular flexibility index (Phi) is 5.73. The first-order chi connectivity index (χ1) is 9.27. The van der Waals surface area contributed by atoms with Crippen LogP contribution in [-0.2, 0) is 10.0 Å². The van der Waals surface area contributed by atoms with Crippen LogP contribution in [0.4, 0.5) is 0 Å². The summed E-state index contributed by atoms with van der Waals surface area (Å²) >= 11 is 0. The van der Waals surface area contributed by atoms with Gasteiger partial charge in [-0.25, -0.2) is 17.9 Å². The van der Waals surface area contributed by atoms with Crippen LogP contribution in [0.25, 0.3) is 0 Å². The molecule has 0 aliphatic heterocycles. The maximum Gasteiger partial charge on any atom is 0.352 e. The van der Waals surface area contributed by atoms with Crippen molar-refractivity contribution < 1.29 is 18.3 Å². The van der Waals surface area contributed by atoms with Gasteiger partial charge in [-0.1, -0.05) is 6.92 Å². The highest BCUT2D eigenvalue weighted by Crippen LogP contribution is 2.10. The van der Waals surface area contributed by atoms with Crippen molar-refractivity contribution in [2.75, 3.05) is 20.1 Å². The molecule has 8 heteroatoms. The van der Waals surface area contributed by atoms with Crippen LogP contribution in [0, 0.1) is 0 Å². The first-order valence-electron chi connectivity index (χ1n) is 6.39. The van der Waals surface area contributed by atoms with Crippen molar-refractivity contribution in [1.29, 1.82) is 0 Å². The zero-order chi connectivity index (χ0) is 15.3. The smallest absolute Gasteiger partial charge is 0.352 e. The molecule has 0 saturated heterocycles. The molecular formula is C12H21N3O4S. The van der Waals surface area contributed by atoms with E-state index in [1.165, 1.54) is 6.20 Å². The first-order valence-corrected chi connectivity index (χ1v) is 7.88. The molecule has 0 amide bonds. The second-order valence-electron chi connectivity index (χ2n) is 4.69. The maximum absolute atomic E-state index is 11.9. The van der Waals surface area contributed by atoms with Crippen molar-refractivity contribution in [1.82, 2.24) is 14.6 Å². The number of aromatic nitrogens is 1. The number of nitrogens with one attached hydrogen (secondary N) is 2. The second kappa shape index (κ2) is 6.87. The highest BCUT2D eigenvalue weighted by atomic mass is 32.2. The Morgan fingerprint density at radius 3 is 2.70 bits per heavy atom. The van der Waals surface area contributed by atoms with E-state index in [4.69, 9.17) is 5.11 Å². The molecule has 20 heavy (non-hydrogen) atoms. The van der Waals surface area contributed by atoms with Gasteiger partial charge in [-0.15, -0.1) is 0 Å². The summed E-state index contributed by atoms with van der Waals surface area (Å²) in [5.74, 6) is -1.19. The van der Waals surface area contributed by atoms with Crippen LogP contribution < -0.4 is 4.72 Å². The van der Waals surface area contributed by atoms with Crippen LogP contribution in [0.15, 0.2) is 17.2 Å². The van der Waals surface area contributed by atoms with Crippen LogP contribution >= 0.6 is 0 Å². The predicted octanol–water partition coefficient (Wildman–Crippen LogP) is 0.722. The molecule has 0 fully saturated rings. The van der Waals surface area contributed by atoms with Crippen molar-refractivity contribution in [3.8, 4) is 0 Å². The summed E-state index contributed by atoms with van der Waals surface area (Å²) < 4.78 is 26.3. The monoisotopic (exact) mass is 303 g/mol. The topological polar surface area (TPSA) is 103 Å². The van der Waals surface area contributed by atoms with E-state index in [1.54, 1.807) is 0 Å². The van der Waals surface area contributed by atoms with E-state index >= 15 is 0 Å². The molecular weight excluding hydrogens is 282 g/mol. The molecule has 1 atom stereocenters. The van der Waals surface area contributed by atoms with E-state index in [9.17, 15) is 13.2 Å². The lowest BCUT2D eigenvalue weighted by molar-refractivity contribution is 0.0691. The Morgan fingerprint density at radius 2 is 2.20 bits per heavy atom. The fourth-order valence-corrected chi connectivity index (χ4v) is 2.64. The summed E-state index contributed by atoms with van der Waals surface area (Å²) in [4.78, 5) is 15.1. The highest BCUT2D eigenvalue weighted by molar-refractivity contribution is 7.89. The zero-order valence-electron chi connectivity index (χ0n) is 11.9. The molecule has 0 radical (unpaired) electrons. The van der Waals surface area contributed by atoms with Crippen molar-refractivity contribution in [3.63, 3.8) is 0 Å². The third-order valence-electron chi connectivity index (χ3n) is 3.30. The molecule has 0 aromatic carbocycles. The molecule has 1 unspecified atom stereocenters. The number of sulfonamides is 1. The van der Waals surface area contributed by atoms with Gasteiger partial charge < -0.3 is 15.0 Å². The summed E-state index contributed by atoms with van der Waals surface area (Å²) in [5, 5.41) is 8.75. The van der Waals surface area contributed by atoms with Gasteiger partial charge in [0, 0.05) is 25.3 Å². The van der Waals surface area contributed by atoms with E-state index in [0.717, 1.165) is 12.5 Å². The molecule has 1 aromatic rings. The fourth-order valence-electron chi connectivity index (χ4n) is 1.62. The van der Waals surface area contributed by atoms with E-state index < -0.39 is 16.0 Å². The lowest BCUT2D eigenvalue weighted by atomic mass is 10.2. The number of likely N-dealkylation sites (N-methyl/N-ethyl adjacent to an activating group) is 1. The highest BCUT2D eigenvalue weighted by Gasteiger charge is 2.18. The van der Waals surface area contributed by atoms with E-state index in [1.807, 2.05) is 7.05 Å². The Bertz CT molecular complexity index is 553. The van der Waals surface area contributed by atoms with Gasteiger partial charge in [0.15, 0.2) is 0 Å². The van der Waals surface area contributed by atoms with Crippen LogP contribution in [0.5, 0.6) is 0 Å². The summed E-state index contributed by atoms with van der Waals surface area (Å²) in [6, 6.07) is 1.48. The molecule has 0 aliphatic carbocycles. The molecule has 0 saturated carbocycles. The van der Waals surface area contributed by atoms with Gasteiger partial charge in [-0.05, 0) is 26.5 Å². The minimum atomic E-state index is -3.67. The number of aromatic carboxylic acids is 1. The molecule has 1 aromatic heterocycles. The van der Waals surface area contributed by atoms with Crippen LogP contribution in [0.2, 0.25) is 0 Å². The van der Waals surface area contributed by atoms with Gasteiger partial charge in [-0.3, -0.25) is 0 Å². The second-order valence-corrected chi connectivity index (χ2v) is 6.46. The summed E-state index contributed by atoms with van der Waals surface area (Å²) in [6.45, 7) is 5.00. The quantitative estimate of drug-likeness (QED) is 0.657. The predicted molar refractivity (Wildman–Crippen MR) is 75.3 cm³/mol. The van der Waals surface area contributed by atoms with Crippen LogP contribution in [0.3, 0.4) is 0 Å². The van der Waals surface area contributed by atoms with Crippen molar-refractivity contribution in [3.05, 3.63) is 18.0 Å². The average Bonchev–Trinajstić information content (AvgIpc) is 2.87. The van der Waals surface area contributed by atoms with E-state index in [-0.39, 0.29) is 17.1 Å². The van der Waals surface area contributed by atoms with Gasteiger partial charge in [-0.2, -0.15) is 0 Å². The Morgan fingerprint density at radius 1 is 1.55 bits per heavy atom. The summed E-state index contributed by atoms with van der Waals surface area (Å²) in [6.07, 6.45) is 2.16. The fraction of sp³-hybridized carbons (Fsp3) is 0.583. The lowest BCUT2D eigenvalue weighted by Crippen LogP contribution is -2.36. The van der Waals surface area contributed by atoms with Gasteiger partial charge in [0.2, 0.25) is 10.0 Å². The standard InChI is InChI=1S/C12H21N3O4S/c1-4-9(2)15(3)6-5-14-20(18,19)10-7-11(12(16)17)13-8-10/h7-9,13-14H,4-6H2,1-3H3,(H,16,17). The number of carboxylic acids is 1. The molecule has 0 aliphatic rings. The Balaban J connectivity index is 2.59. The van der Waals surface area contributed by atoms with Crippen molar-refractivity contribution in [2.24, 2.45) is 0 Å². The Labute approximate surface area is 119 Å². The third kappa shape index (κ3) is 4.32. The number of nitrogens with zero attached hydrogens (tertiary/aromatic N) is 1. The number of carboxylic acid groups (broad SMARTS) is 1. The first kappa shape index (κ1) is 16.7. The largest absolute Gasteiger partial charge is 0.477 e. The van der Waals surface area contributed by atoms with Crippen molar-refractivity contribution in [2.45, 2.75) is 31.2 Å². The number of rotatable bonds is 8. The van der Waals surface area contributed by atoms with Crippen LogP contribution in [0.1, 0.15) is 30.8 Å². The van der Waals surface area contributed by atoms with E-state index in [2.05, 4.69) is 28.5 Å². The molecule has 3 N–H and O–H groups in total. The summed E-state index contributed by atoms with van der Waals surface area (Å²) in [7, 11) is -1.74. The average molecular weight is 303 g/mol. The number of hydrogen-bond acceptors (Lipinski definition) is 4. The van der Waals surface area contributed by atoms with E-state index in [0.29, 0.717) is 12.6 Å². The molecule has 0 bridgehead atoms. The van der Waals surface area contributed by atoms with Gasteiger partial charge in [0.25, 0.3) is 0 Å².